The maximum atomic E-state index is 12.5. The summed E-state index contributed by atoms with van der Waals surface area (Å²) in [6, 6.07) is 18.5. The Bertz CT molecular complexity index is 1340. The molecule has 0 aliphatic heterocycles. The molecule has 0 radical (unpaired) electrons. The first-order chi connectivity index (χ1) is 15.5. The number of imidazole rings is 1. The highest BCUT2D eigenvalue weighted by Crippen LogP contribution is 2.17. The molecule has 4 aromatic rings. The summed E-state index contributed by atoms with van der Waals surface area (Å²) in [4.78, 5) is 31.2. The van der Waals surface area contributed by atoms with Gasteiger partial charge in [-0.3, -0.25) is 14.3 Å². The van der Waals surface area contributed by atoms with Crippen LogP contribution in [-0.2, 0) is 13.6 Å². The maximum absolute atomic E-state index is 12.5. The average molecular weight is 434 g/mol. The van der Waals surface area contributed by atoms with E-state index in [9.17, 15) is 14.7 Å². The minimum absolute atomic E-state index is 0.0000781. The molecule has 0 amide bonds. The van der Waals surface area contributed by atoms with Gasteiger partial charge in [-0.2, -0.15) is 10.1 Å². The zero-order valence-corrected chi connectivity index (χ0v) is 17.3. The van der Waals surface area contributed by atoms with Crippen molar-refractivity contribution >= 4 is 23.3 Å². The van der Waals surface area contributed by atoms with Crippen LogP contribution < -0.4 is 21.4 Å². The zero-order valence-electron chi connectivity index (χ0n) is 17.3. The number of fused-ring (bicyclic) bond motifs is 1. The van der Waals surface area contributed by atoms with E-state index in [2.05, 4.69) is 20.5 Å². The molecule has 4 rings (SSSR count). The van der Waals surface area contributed by atoms with E-state index in [-0.39, 0.29) is 30.3 Å². The van der Waals surface area contributed by atoms with Crippen LogP contribution in [0.15, 0.2) is 75.4 Å². The Morgan fingerprint density at radius 1 is 1.16 bits per heavy atom. The number of ether oxygens (including phenoxy) is 1. The number of aryl methyl sites for hydroxylation is 1. The number of hydrazone groups is 1. The fraction of sp³-hybridized carbons (Fsp3) is 0.182. The number of aliphatic hydroxyl groups is 1. The fourth-order valence-corrected chi connectivity index (χ4v) is 3.17. The third-order valence-corrected chi connectivity index (χ3v) is 4.76. The number of aromatic nitrogens is 4. The van der Waals surface area contributed by atoms with Crippen LogP contribution >= 0.6 is 0 Å². The van der Waals surface area contributed by atoms with Crippen molar-refractivity contribution in [1.82, 2.24) is 19.1 Å². The van der Waals surface area contributed by atoms with Crippen LogP contribution in [0.3, 0.4) is 0 Å². The Kier molecular flexibility index (Phi) is 6.13. The number of nitrogens with zero attached hydrogens (tertiary/aromatic N) is 4. The number of hydrogen-bond donors (Lipinski definition) is 3. The smallest absolute Gasteiger partial charge is 0.329 e. The van der Waals surface area contributed by atoms with Crippen LogP contribution in [0.1, 0.15) is 5.56 Å². The van der Waals surface area contributed by atoms with Crippen LogP contribution in [0.5, 0.6) is 5.75 Å². The predicted molar refractivity (Wildman–Crippen MR) is 121 cm³/mol. The van der Waals surface area contributed by atoms with Crippen molar-refractivity contribution in [3.63, 3.8) is 0 Å². The third kappa shape index (κ3) is 4.60. The van der Waals surface area contributed by atoms with E-state index in [4.69, 9.17) is 4.74 Å². The number of anilines is 1. The molecule has 1 unspecified atom stereocenters. The van der Waals surface area contributed by atoms with E-state index in [0.29, 0.717) is 5.75 Å². The maximum Gasteiger partial charge on any atom is 0.329 e. The Morgan fingerprint density at radius 3 is 2.56 bits per heavy atom. The van der Waals surface area contributed by atoms with Crippen molar-refractivity contribution in [2.24, 2.45) is 12.1 Å². The highest BCUT2D eigenvalue weighted by Gasteiger charge is 2.19. The molecule has 10 nitrogen and oxygen atoms in total. The second-order valence-electron chi connectivity index (χ2n) is 7.10. The van der Waals surface area contributed by atoms with Gasteiger partial charge < -0.3 is 14.4 Å². The van der Waals surface area contributed by atoms with Gasteiger partial charge in [-0.15, -0.1) is 0 Å². The van der Waals surface area contributed by atoms with Gasteiger partial charge in [0.1, 0.15) is 18.5 Å². The molecule has 2 aromatic heterocycles. The van der Waals surface area contributed by atoms with E-state index in [0.717, 1.165) is 5.56 Å². The molecule has 0 saturated heterocycles. The van der Waals surface area contributed by atoms with Gasteiger partial charge >= 0.3 is 5.69 Å². The Morgan fingerprint density at radius 2 is 1.84 bits per heavy atom. The summed E-state index contributed by atoms with van der Waals surface area (Å²) in [6.45, 7) is -0.00607. The first kappa shape index (κ1) is 21.1. The molecular formula is C22H22N6O4. The minimum Gasteiger partial charge on any atom is -0.491 e. The van der Waals surface area contributed by atoms with Gasteiger partial charge in [0.05, 0.1) is 12.8 Å². The van der Waals surface area contributed by atoms with E-state index in [1.807, 2.05) is 48.5 Å². The van der Waals surface area contributed by atoms with Crippen LogP contribution in [0.4, 0.5) is 5.95 Å². The number of para-hydroxylation sites is 1. The molecule has 0 spiro atoms. The van der Waals surface area contributed by atoms with Crippen molar-refractivity contribution < 1.29 is 9.84 Å². The molecule has 0 aliphatic rings. The van der Waals surface area contributed by atoms with Gasteiger partial charge in [0.15, 0.2) is 11.2 Å². The van der Waals surface area contributed by atoms with Crippen molar-refractivity contribution in [3.05, 3.63) is 87.1 Å². The lowest BCUT2D eigenvalue weighted by atomic mass is 10.2. The van der Waals surface area contributed by atoms with Gasteiger partial charge in [0, 0.05) is 7.05 Å². The molecule has 0 saturated carbocycles. The molecule has 0 bridgehead atoms. The van der Waals surface area contributed by atoms with Crippen molar-refractivity contribution in [2.45, 2.75) is 12.6 Å². The summed E-state index contributed by atoms with van der Waals surface area (Å²) in [5, 5.41) is 14.7. The molecule has 0 aliphatic carbocycles. The number of benzene rings is 2. The normalized spacial score (nSPS) is 12.3. The van der Waals surface area contributed by atoms with Gasteiger partial charge in [0.2, 0.25) is 5.95 Å². The average Bonchev–Trinajstić information content (AvgIpc) is 3.16. The second-order valence-corrected chi connectivity index (χ2v) is 7.10. The van der Waals surface area contributed by atoms with Gasteiger partial charge in [-0.1, -0.05) is 48.5 Å². The SMILES string of the molecule is Cn1c(=O)[nH]c(=O)c2c1nc(NN=Cc1ccccc1)n2CC(O)COc1ccccc1. The lowest BCUT2D eigenvalue weighted by Gasteiger charge is -2.15. The first-order valence-electron chi connectivity index (χ1n) is 9.92. The van der Waals surface area contributed by atoms with Crippen LogP contribution in [0.25, 0.3) is 11.2 Å². The Balaban J connectivity index is 1.63. The molecule has 1 atom stereocenters. The fourth-order valence-electron chi connectivity index (χ4n) is 3.17. The molecule has 10 heteroatoms. The van der Waals surface area contributed by atoms with E-state index >= 15 is 0 Å². The third-order valence-electron chi connectivity index (χ3n) is 4.76. The van der Waals surface area contributed by atoms with Crippen LogP contribution in [0.2, 0.25) is 0 Å². The Hall–Kier alpha value is -4.18. The Labute approximate surface area is 182 Å². The summed E-state index contributed by atoms with van der Waals surface area (Å²) in [5.41, 5.74) is 2.80. The lowest BCUT2D eigenvalue weighted by molar-refractivity contribution is 0.0938. The minimum atomic E-state index is -0.956. The summed E-state index contributed by atoms with van der Waals surface area (Å²) in [7, 11) is 1.50. The molecule has 3 N–H and O–H groups in total. The van der Waals surface area contributed by atoms with Gasteiger partial charge in [-0.05, 0) is 17.7 Å². The number of aliphatic hydroxyl groups excluding tert-OH is 1. The predicted octanol–water partition coefficient (Wildman–Crippen LogP) is 1.31. The summed E-state index contributed by atoms with van der Waals surface area (Å²) in [6.07, 6.45) is 0.643. The lowest BCUT2D eigenvalue weighted by Crippen LogP contribution is -2.30. The standard InChI is InChI=1S/C22H22N6O4/c1-27-19-18(20(30)25-22(27)31)28(13-16(29)14-32-17-10-6-3-7-11-17)21(24-19)26-23-12-15-8-4-2-5-9-15/h2-12,16,29H,13-14H2,1H3,(H,24,26)(H,25,30,31). The zero-order chi connectivity index (χ0) is 22.5. The number of rotatable bonds is 8. The number of nitrogens with one attached hydrogen (secondary N) is 2. The number of aromatic amines is 1. The highest BCUT2D eigenvalue weighted by atomic mass is 16.5. The van der Waals surface area contributed by atoms with Crippen LogP contribution in [0, 0.1) is 0 Å². The van der Waals surface area contributed by atoms with Crippen molar-refractivity contribution in [3.8, 4) is 5.75 Å². The monoisotopic (exact) mass is 434 g/mol. The second kappa shape index (κ2) is 9.31. The van der Waals surface area contributed by atoms with E-state index in [1.165, 1.54) is 16.2 Å². The number of hydrogen-bond acceptors (Lipinski definition) is 7. The van der Waals surface area contributed by atoms with Crippen molar-refractivity contribution in [2.75, 3.05) is 12.0 Å². The molecular weight excluding hydrogens is 412 g/mol. The van der Waals surface area contributed by atoms with E-state index in [1.54, 1.807) is 18.3 Å². The molecule has 2 aromatic carbocycles. The summed E-state index contributed by atoms with van der Waals surface area (Å²) >= 11 is 0. The molecule has 2 heterocycles. The quantitative estimate of drug-likeness (QED) is 0.284. The summed E-state index contributed by atoms with van der Waals surface area (Å²) < 4.78 is 8.32. The van der Waals surface area contributed by atoms with E-state index < -0.39 is 17.4 Å². The van der Waals surface area contributed by atoms with Crippen LogP contribution in [-0.4, -0.2) is 43.1 Å². The highest BCUT2D eigenvalue weighted by molar-refractivity contribution is 5.80. The summed E-state index contributed by atoms with van der Waals surface area (Å²) in [5.74, 6) is 0.825. The van der Waals surface area contributed by atoms with Gasteiger partial charge in [0.25, 0.3) is 5.56 Å². The number of H-pyrrole nitrogens is 1. The first-order valence-corrected chi connectivity index (χ1v) is 9.92. The molecule has 0 fully saturated rings. The largest absolute Gasteiger partial charge is 0.491 e. The van der Waals surface area contributed by atoms with Crippen molar-refractivity contribution in [1.29, 1.82) is 0 Å². The molecule has 164 valence electrons. The topological polar surface area (TPSA) is 127 Å². The van der Waals surface area contributed by atoms with Gasteiger partial charge in [-0.25, -0.2) is 10.2 Å². The molecule has 32 heavy (non-hydrogen) atoms.